The second-order valence-corrected chi connectivity index (χ2v) is 9.25. The number of hydrogen-bond donors (Lipinski definition) is 2. The van der Waals surface area contributed by atoms with E-state index in [-0.39, 0.29) is 35.9 Å². The van der Waals surface area contributed by atoms with Crippen molar-refractivity contribution in [2.75, 3.05) is 24.1 Å². The number of hydrogen-bond acceptors (Lipinski definition) is 7. The number of rotatable bonds is 4. The van der Waals surface area contributed by atoms with Crippen molar-refractivity contribution in [2.45, 2.75) is 31.2 Å². The SMILES string of the molecule is Nc1ncnc2c1c(-c1ccc(C(=O)Nc3cc(C(F)(F)F)ccn3)cc1)nn2[C@@H]1CCCN(C(=O)C(F)(F)F)C1. The van der Waals surface area contributed by atoms with E-state index in [0.29, 0.717) is 35.6 Å². The summed E-state index contributed by atoms with van der Waals surface area (Å²) >= 11 is 0. The summed E-state index contributed by atoms with van der Waals surface area (Å²) in [6, 6.07) is 6.73. The van der Waals surface area contributed by atoms with Crippen LogP contribution in [0.4, 0.5) is 38.0 Å². The summed E-state index contributed by atoms with van der Waals surface area (Å²) in [6.45, 7) is -0.279. The molecule has 41 heavy (non-hydrogen) atoms. The molecular formula is C25H20F6N8O2. The van der Waals surface area contributed by atoms with Crippen LogP contribution in [0.3, 0.4) is 0 Å². The number of likely N-dealkylation sites (tertiary alicyclic amines) is 1. The molecule has 0 spiro atoms. The molecule has 3 N–H and O–H groups in total. The van der Waals surface area contributed by atoms with E-state index in [1.54, 1.807) is 0 Å². The van der Waals surface area contributed by atoms with E-state index in [2.05, 4.69) is 25.4 Å². The summed E-state index contributed by atoms with van der Waals surface area (Å²) in [5.41, 5.74) is 6.26. The van der Waals surface area contributed by atoms with Crippen LogP contribution in [0, 0.1) is 0 Å². The summed E-state index contributed by atoms with van der Waals surface area (Å²) in [7, 11) is 0. The Labute approximate surface area is 227 Å². The van der Waals surface area contributed by atoms with Gasteiger partial charge in [-0.2, -0.15) is 31.4 Å². The molecule has 1 atom stereocenters. The minimum Gasteiger partial charge on any atom is -0.383 e. The number of alkyl halides is 6. The second kappa shape index (κ2) is 10.3. The minimum atomic E-state index is -5.00. The number of carbonyl (C=O) groups is 2. The quantitative estimate of drug-likeness (QED) is 0.342. The second-order valence-electron chi connectivity index (χ2n) is 9.25. The number of halogens is 6. The fourth-order valence-electron chi connectivity index (χ4n) is 4.61. The normalized spacial score (nSPS) is 16.1. The molecule has 0 unspecified atom stereocenters. The summed E-state index contributed by atoms with van der Waals surface area (Å²) in [4.78, 5) is 37.2. The maximum absolute atomic E-state index is 13.0. The molecule has 1 aromatic carbocycles. The Kier molecular flexibility index (Phi) is 7.00. The van der Waals surface area contributed by atoms with Crippen molar-refractivity contribution in [2.24, 2.45) is 0 Å². The lowest BCUT2D eigenvalue weighted by molar-refractivity contribution is -0.187. The first kappa shape index (κ1) is 27.8. The molecular weight excluding hydrogens is 558 g/mol. The van der Waals surface area contributed by atoms with Crippen LogP contribution in [0.1, 0.15) is 34.8 Å². The van der Waals surface area contributed by atoms with Gasteiger partial charge in [0.05, 0.1) is 17.0 Å². The molecule has 4 heterocycles. The first-order valence-corrected chi connectivity index (χ1v) is 12.1. The van der Waals surface area contributed by atoms with Gasteiger partial charge in [-0.05, 0) is 37.1 Å². The molecule has 0 radical (unpaired) electrons. The average molecular weight is 578 g/mol. The van der Waals surface area contributed by atoms with Crippen molar-refractivity contribution in [3.63, 3.8) is 0 Å². The summed E-state index contributed by atoms with van der Waals surface area (Å²) in [5.74, 6) is -2.86. The number of fused-ring (bicyclic) bond motifs is 1. The highest BCUT2D eigenvalue weighted by Gasteiger charge is 2.44. The highest BCUT2D eigenvalue weighted by Crippen LogP contribution is 2.35. The molecule has 3 aromatic heterocycles. The van der Waals surface area contributed by atoms with E-state index < -0.39 is 35.8 Å². The van der Waals surface area contributed by atoms with Gasteiger partial charge in [0.15, 0.2) is 5.65 Å². The zero-order valence-electron chi connectivity index (χ0n) is 20.9. The third kappa shape index (κ3) is 5.62. The predicted octanol–water partition coefficient (Wildman–Crippen LogP) is 4.47. The number of pyridine rings is 1. The van der Waals surface area contributed by atoms with Gasteiger partial charge in [0.25, 0.3) is 5.91 Å². The lowest BCUT2D eigenvalue weighted by Gasteiger charge is -2.33. The molecule has 0 saturated carbocycles. The van der Waals surface area contributed by atoms with Gasteiger partial charge in [0.2, 0.25) is 0 Å². The van der Waals surface area contributed by atoms with Gasteiger partial charge in [0.1, 0.15) is 23.7 Å². The Hall–Kier alpha value is -4.76. The number of nitrogens with one attached hydrogen (secondary N) is 1. The number of benzene rings is 1. The van der Waals surface area contributed by atoms with Crippen LogP contribution in [0.15, 0.2) is 48.9 Å². The van der Waals surface area contributed by atoms with Gasteiger partial charge >= 0.3 is 18.3 Å². The molecule has 5 rings (SSSR count). The van der Waals surface area contributed by atoms with E-state index >= 15 is 0 Å². The molecule has 1 fully saturated rings. The maximum atomic E-state index is 13.0. The van der Waals surface area contributed by atoms with Crippen molar-refractivity contribution in [3.05, 3.63) is 60.0 Å². The minimum absolute atomic E-state index is 0.0441. The molecule has 214 valence electrons. The Bertz CT molecular complexity index is 1620. The molecule has 0 bridgehead atoms. The fourth-order valence-corrected chi connectivity index (χ4v) is 4.61. The number of aromatic nitrogens is 5. The van der Waals surface area contributed by atoms with Crippen LogP contribution in [-0.2, 0) is 11.0 Å². The largest absolute Gasteiger partial charge is 0.471 e. The van der Waals surface area contributed by atoms with E-state index in [1.165, 1.54) is 35.3 Å². The Morgan fingerprint density at radius 2 is 1.73 bits per heavy atom. The zero-order valence-corrected chi connectivity index (χ0v) is 20.9. The van der Waals surface area contributed by atoms with Gasteiger partial charge in [0, 0.05) is 30.4 Å². The van der Waals surface area contributed by atoms with Gasteiger partial charge in [-0.3, -0.25) is 9.59 Å². The summed E-state index contributed by atoms with van der Waals surface area (Å²) < 4.78 is 79.5. The van der Waals surface area contributed by atoms with Crippen molar-refractivity contribution in [1.82, 2.24) is 29.6 Å². The van der Waals surface area contributed by atoms with Crippen LogP contribution in [-0.4, -0.2) is 60.7 Å². The van der Waals surface area contributed by atoms with Gasteiger partial charge < -0.3 is 16.0 Å². The lowest BCUT2D eigenvalue weighted by Crippen LogP contribution is -2.46. The molecule has 1 saturated heterocycles. The highest BCUT2D eigenvalue weighted by atomic mass is 19.4. The van der Waals surface area contributed by atoms with E-state index in [4.69, 9.17) is 5.73 Å². The van der Waals surface area contributed by atoms with Crippen molar-refractivity contribution >= 4 is 34.5 Å². The third-order valence-corrected chi connectivity index (χ3v) is 6.54. The van der Waals surface area contributed by atoms with Crippen LogP contribution in [0.25, 0.3) is 22.3 Å². The van der Waals surface area contributed by atoms with Crippen LogP contribution < -0.4 is 11.1 Å². The number of carbonyl (C=O) groups excluding carboxylic acids is 2. The maximum Gasteiger partial charge on any atom is 0.471 e. The summed E-state index contributed by atoms with van der Waals surface area (Å²) in [5, 5.41) is 7.22. The van der Waals surface area contributed by atoms with Crippen LogP contribution >= 0.6 is 0 Å². The molecule has 1 aliphatic rings. The zero-order chi connectivity index (χ0) is 29.5. The number of nitrogens with zero attached hydrogens (tertiary/aromatic N) is 6. The fraction of sp³-hybridized carbons (Fsp3) is 0.280. The molecule has 2 amide bonds. The van der Waals surface area contributed by atoms with Crippen molar-refractivity contribution in [3.8, 4) is 11.3 Å². The molecule has 4 aromatic rings. The average Bonchev–Trinajstić information content (AvgIpc) is 3.33. The Morgan fingerprint density at radius 3 is 2.41 bits per heavy atom. The van der Waals surface area contributed by atoms with Crippen LogP contribution in [0.2, 0.25) is 0 Å². The first-order chi connectivity index (χ1) is 19.3. The Balaban J connectivity index is 1.42. The van der Waals surface area contributed by atoms with E-state index in [9.17, 15) is 35.9 Å². The highest BCUT2D eigenvalue weighted by molar-refractivity contribution is 6.04. The van der Waals surface area contributed by atoms with Crippen molar-refractivity contribution in [1.29, 1.82) is 0 Å². The molecule has 1 aliphatic heterocycles. The Morgan fingerprint density at radius 1 is 1.00 bits per heavy atom. The lowest BCUT2D eigenvalue weighted by atomic mass is 10.1. The number of nitrogens with two attached hydrogens (primary N) is 1. The number of nitrogen functional groups attached to an aromatic ring is 1. The number of piperidine rings is 1. The van der Waals surface area contributed by atoms with Crippen LogP contribution in [0.5, 0.6) is 0 Å². The first-order valence-electron chi connectivity index (χ1n) is 12.1. The van der Waals surface area contributed by atoms with Crippen molar-refractivity contribution < 1.29 is 35.9 Å². The summed E-state index contributed by atoms with van der Waals surface area (Å²) in [6.07, 6.45) is -6.74. The third-order valence-electron chi connectivity index (χ3n) is 6.54. The molecule has 0 aliphatic carbocycles. The van der Waals surface area contributed by atoms with Gasteiger partial charge in [-0.15, -0.1) is 0 Å². The standard InChI is InChI=1S/C25H20F6N8O2/c26-24(27,28)15-7-8-33-17(10-15)36-22(40)14-5-3-13(4-6-14)19-18-20(32)34-12-35-21(18)39(37-19)16-2-1-9-38(11-16)23(41)25(29,30)31/h3-8,10,12,16H,1-2,9,11H2,(H2,32,34,35)(H,33,36,40)/t16-/m1/s1. The molecule has 10 nitrogen and oxygen atoms in total. The molecule has 16 heteroatoms. The predicted molar refractivity (Wildman–Crippen MR) is 133 cm³/mol. The number of amides is 2. The number of anilines is 2. The van der Waals surface area contributed by atoms with Gasteiger partial charge in [-0.25, -0.2) is 19.6 Å². The van der Waals surface area contributed by atoms with Gasteiger partial charge in [-0.1, -0.05) is 12.1 Å². The monoisotopic (exact) mass is 578 g/mol. The topological polar surface area (TPSA) is 132 Å². The van der Waals surface area contributed by atoms with E-state index in [1.807, 2.05) is 0 Å². The smallest absolute Gasteiger partial charge is 0.383 e. The van der Waals surface area contributed by atoms with E-state index in [0.717, 1.165) is 17.2 Å².